The molecule has 19 heavy (non-hydrogen) atoms. The lowest BCUT2D eigenvalue weighted by atomic mass is 10.2. The van der Waals surface area contributed by atoms with Crippen LogP contribution in [-0.4, -0.2) is 33.1 Å². The third kappa shape index (κ3) is 4.16. The lowest BCUT2D eigenvalue weighted by molar-refractivity contribution is -0.384. The number of nitrogens with one attached hydrogen (secondary N) is 1. The van der Waals surface area contributed by atoms with E-state index in [9.17, 15) is 18.5 Å². The monoisotopic (exact) mass is 289 g/mol. The number of non-ortho nitro benzene ring substituents is 1. The number of nitrogens with two attached hydrogens (primary N) is 1. The molecule has 8 nitrogen and oxygen atoms in total. The highest BCUT2D eigenvalue weighted by Gasteiger charge is 2.18. The maximum absolute atomic E-state index is 11.4. The minimum atomic E-state index is -3.96. The molecule has 1 aromatic carbocycles. The molecule has 0 aliphatic rings. The fraction of sp³-hybridized carbons (Fsp3) is 0.400. The van der Waals surface area contributed by atoms with E-state index in [1.54, 1.807) is 6.92 Å². The standard InChI is InChI=1S/C10H15N3O5S/c1-7(18-2)6-12-9-5-8(13(14)15)3-4-10(9)19(11,16)17/h3-5,7,12H,6H2,1-2H3,(H2,11,16,17). The van der Waals surface area contributed by atoms with E-state index in [0.717, 1.165) is 18.2 Å². The van der Waals surface area contributed by atoms with Gasteiger partial charge in [-0.3, -0.25) is 10.1 Å². The number of hydrogen-bond donors (Lipinski definition) is 2. The molecule has 0 aliphatic carbocycles. The molecule has 0 amide bonds. The van der Waals surface area contributed by atoms with E-state index in [-0.39, 0.29) is 22.4 Å². The van der Waals surface area contributed by atoms with Crippen LogP contribution in [0.2, 0.25) is 0 Å². The first-order valence-corrected chi connectivity index (χ1v) is 6.88. The van der Waals surface area contributed by atoms with Crippen molar-refractivity contribution in [3.05, 3.63) is 28.3 Å². The smallest absolute Gasteiger partial charge is 0.271 e. The van der Waals surface area contributed by atoms with Crippen molar-refractivity contribution in [3.63, 3.8) is 0 Å². The highest BCUT2D eigenvalue weighted by atomic mass is 32.2. The van der Waals surface area contributed by atoms with Crippen LogP contribution < -0.4 is 10.5 Å². The van der Waals surface area contributed by atoms with Gasteiger partial charge in [-0.15, -0.1) is 0 Å². The topological polar surface area (TPSA) is 125 Å². The largest absolute Gasteiger partial charge is 0.381 e. The van der Waals surface area contributed by atoms with Gasteiger partial charge in [0.1, 0.15) is 4.90 Å². The van der Waals surface area contributed by atoms with Crippen molar-refractivity contribution in [3.8, 4) is 0 Å². The van der Waals surface area contributed by atoms with Gasteiger partial charge in [-0.25, -0.2) is 13.6 Å². The van der Waals surface area contributed by atoms with E-state index in [2.05, 4.69) is 5.32 Å². The zero-order valence-corrected chi connectivity index (χ0v) is 11.3. The van der Waals surface area contributed by atoms with E-state index in [1.807, 2.05) is 0 Å². The molecule has 1 atom stereocenters. The Morgan fingerprint density at radius 2 is 2.16 bits per heavy atom. The predicted molar refractivity (Wildman–Crippen MR) is 69.4 cm³/mol. The van der Waals surface area contributed by atoms with Crippen LogP contribution in [0.15, 0.2) is 23.1 Å². The quantitative estimate of drug-likeness (QED) is 0.586. The molecular formula is C10H15N3O5S. The van der Waals surface area contributed by atoms with Crippen molar-refractivity contribution in [1.29, 1.82) is 0 Å². The average Bonchev–Trinajstić information content (AvgIpc) is 2.34. The molecule has 0 bridgehead atoms. The molecule has 0 aromatic heterocycles. The number of rotatable bonds is 6. The fourth-order valence-electron chi connectivity index (χ4n) is 1.35. The van der Waals surface area contributed by atoms with Crippen molar-refractivity contribution < 1.29 is 18.1 Å². The molecule has 1 aromatic rings. The maximum atomic E-state index is 11.4. The van der Waals surface area contributed by atoms with Crippen LogP contribution in [0.1, 0.15) is 6.92 Å². The van der Waals surface area contributed by atoms with Crippen LogP contribution in [0.5, 0.6) is 0 Å². The molecule has 9 heteroatoms. The van der Waals surface area contributed by atoms with Gasteiger partial charge in [-0.05, 0) is 13.0 Å². The number of benzene rings is 1. The van der Waals surface area contributed by atoms with E-state index in [4.69, 9.17) is 9.88 Å². The van der Waals surface area contributed by atoms with Gasteiger partial charge in [0.2, 0.25) is 10.0 Å². The fourth-order valence-corrected chi connectivity index (χ4v) is 2.05. The Morgan fingerprint density at radius 3 is 2.63 bits per heavy atom. The summed E-state index contributed by atoms with van der Waals surface area (Å²) in [5.41, 5.74) is -0.138. The highest BCUT2D eigenvalue weighted by Crippen LogP contribution is 2.25. The molecule has 0 heterocycles. The van der Waals surface area contributed by atoms with Gasteiger partial charge < -0.3 is 10.1 Å². The second-order valence-electron chi connectivity index (χ2n) is 3.91. The Bertz CT molecular complexity index is 573. The van der Waals surface area contributed by atoms with Crippen molar-refractivity contribution >= 4 is 21.4 Å². The lowest BCUT2D eigenvalue weighted by Crippen LogP contribution is -2.21. The molecule has 0 aliphatic heterocycles. The number of nitro benzene ring substituents is 1. The van der Waals surface area contributed by atoms with Crippen molar-refractivity contribution in [2.45, 2.75) is 17.9 Å². The van der Waals surface area contributed by atoms with Gasteiger partial charge >= 0.3 is 0 Å². The van der Waals surface area contributed by atoms with Crippen LogP contribution in [0.3, 0.4) is 0 Å². The van der Waals surface area contributed by atoms with Gasteiger partial charge in [-0.1, -0.05) is 0 Å². The molecule has 106 valence electrons. The van der Waals surface area contributed by atoms with Crippen molar-refractivity contribution in [1.82, 2.24) is 0 Å². The Balaban J connectivity index is 3.15. The molecule has 1 unspecified atom stereocenters. The number of sulfonamides is 1. The zero-order chi connectivity index (χ0) is 14.6. The third-order valence-electron chi connectivity index (χ3n) is 2.46. The summed E-state index contributed by atoms with van der Waals surface area (Å²) in [6.45, 7) is 2.06. The summed E-state index contributed by atoms with van der Waals surface area (Å²) in [5.74, 6) is 0. The third-order valence-corrected chi connectivity index (χ3v) is 3.43. The molecule has 0 fully saturated rings. The number of primary sulfonamides is 1. The normalized spacial score (nSPS) is 13.0. The van der Waals surface area contributed by atoms with Gasteiger partial charge in [-0.2, -0.15) is 0 Å². The molecule has 0 saturated heterocycles. The van der Waals surface area contributed by atoms with E-state index >= 15 is 0 Å². The Kier molecular flexibility index (Phi) is 4.81. The van der Waals surface area contributed by atoms with Gasteiger partial charge in [0, 0.05) is 25.8 Å². The van der Waals surface area contributed by atoms with Crippen molar-refractivity contribution in [2.75, 3.05) is 19.0 Å². The van der Waals surface area contributed by atoms with E-state index < -0.39 is 14.9 Å². The zero-order valence-electron chi connectivity index (χ0n) is 10.5. The number of nitrogens with zero attached hydrogens (tertiary/aromatic N) is 1. The lowest BCUT2D eigenvalue weighted by Gasteiger charge is -2.14. The van der Waals surface area contributed by atoms with Crippen LogP contribution in [0, 0.1) is 10.1 Å². The van der Waals surface area contributed by atoms with E-state index in [1.165, 1.54) is 7.11 Å². The van der Waals surface area contributed by atoms with Crippen molar-refractivity contribution in [2.24, 2.45) is 5.14 Å². The summed E-state index contributed by atoms with van der Waals surface area (Å²) in [6.07, 6.45) is -0.187. The number of hydrogen-bond acceptors (Lipinski definition) is 6. The summed E-state index contributed by atoms with van der Waals surface area (Å²) in [4.78, 5) is 9.87. The summed E-state index contributed by atoms with van der Waals surface area (Å²) in [6, 6.07) is 3.32. The number of nitro groups is 1. The number of methoxy groups -OCH3 is 1. The molecule has 0 saturated carbocycles. The second kappa shape index (κ2) is 5.95. The number of ether oxygens (including phenoxy) is 1. The minimum absolute atomic E-state index is 0.0839. The summed E-state index contributed by atoms with van der Waals surface area (Å²) in [7, 11) is -2.46. The Hall–Kier alpha value is -1.71. The first-order chi connectivity index (χ1) is 8.75. The first-order valence-electron chi connectivity index (χ1n) is 5.33. The average molecular weight is 289 g/mol. The van der Waals surface area contributed by atoms with Gasteiger partial charge in [0.05, 0.1) is 16.7 Å². The molecular weight excluding hydrogens is 274 g/mol. The van der Waals surface area contributed by atoms with Crippen LogP contribution in [-0.2, 0) is 14.8 Å². The van der Waals surface area contributed by atoms with Gasteiger partial charge in [0.25, 0.3) is 5.69 Å². The highest BCUT2D eigenvalue weighted by molar-refractivity contribution is 7.89. The summed E-state index contributed by atoms with van der Waals surface area (Å²) in [5, 5.41) is 18.5. The van der Waals surface area contributed by atoms with Crippen LogP contribution in [0.4, 0.5) is 11.4 Å². The van der Waals surface area contributed by atoms with Crippen LogP contribution in [0.25, 0.3) is 0 Å². The Morgan fingerprint density at radius 1 is 1.53 bits per heavy atom. The second-order valence-corrected chi connectivity index (χ2v) is 5.44. The number of anilines is 1. The minimum Gasteiger partial charge on any atom is -0.381 e. The summed E-state index contributed by atoms with van der Waals surface area (Å²) < 4.78 is 27.8. The van der Waals surface area contributed by atoms with Gasteiger partial charge in [0.15, 0.2) is 0 Å². The Labute approximate surface area is 110 Å². The molecule has 0 radical (unpaired) electrons. The molecule has 0 spiro atoms. The summed E-state index contributed by atoms with van der Waals surface area (Å²) >= 11 is 0. The predicted octanol–water partition coefficient (Wildman–Crippen LogP) is 0.689. The van der Waals surface area contributed by atoms with Crippen LogP contribution >= 0.6 is 0 Å². The SMILES string of the molecule is COC(C)CNc1cc([N+](=O)[O-])ccc1S(N)(=O)=O. The molecule has 3 N–H and O–H groups in total. The maximum Gasteiger partial charge on any atom is 0.271 e. The first kappa shape index (κ1) is 15.3. The molecule has 1 rings (SSSR count). The van der Waals surface area contributed by atoms with E-state index in [0.29, 0.717) is 6.54 Å².